The van der Waals surface area contributed by atoms with Crippen molar-refractivity contribution in [3.8, 4) is 11.5 Å². The lowest BCUT2D eigenvalue weighted by atomic mass is 9.87. The van der Waals surface area contributed by atoms with Crippen LogP contribution < -0.4 is 14.4 Å². The van der Waals surface area contributed by atoms with Crippen molar-refractivity contribution in [2.24, 2.45) is 0 Å². The van der Waals surface area contributed by atoms with Crippen LogP contribution >= 0.6 is 0 Å². The fourth-order valence-electron chi connectivity index (χ4n) is 4.24. The topological polar surface area (TPSA) is 42.0 Å². The summed E-state index contributed by atoms with van der Waals surface area (Å²) in [5.74, 6) is 1.20. The summed E-state index contributed by atoms with van der Waals surface area (Å²) in [5.41, 5.74) is 3.74. The van der Waals surface area contributed by atoms with Crippen LogP contribution in [0.3, 0.4) is 0 Å². The largest absolute Gasteiger partial charge is 0.496 e. The minimum Gasteiger partial charge on any atom is -0.496 e. The fraction of sp³-hybridized carbons (Fsp3) is 0.345. The highest BCUT2D eigenvalue weighted by molar-refractivity contribution is 5.94. The Morgan fingerprint density at radius 3 is 2.17 bits per heavy atom. The minimum atomic E-state index is -0.247. The fourth-order valence-corrected chi connectivity index (χ4v) is 4.24. The number of hydrogen-bond donors (Lipinski definition) is 0. The van der Waals surface area contributed by atoms with E-state index >= 15 is 0 Å². The number of methoxy groups -OCH3 is 1. The van der Waals surface area contributed by atoms with Crippen LogP contribution in [0.5, 0.6) is 11.5 Å². The van der Waals surface area contributed by atoms with Crippen molar-refractivity contribution in [3.63, 3.8) is 0 Å². The van der Waals surface area contributed by atoms with E-state index in [-0.39, 0.29) is 17.1 Å². The smallest absolute Gasteiger partial charge is 0.253 e. The molecular weight excluding hydrogens is 443 g/mol. The summed E-state index contributed by atoms with van der Waals surface area (Å²) in [4.78, 5) is 17.2. The molecule has 0 atom stereocenters. The van der Waals surface area contributed by atoms with Gasteiger partial charge in [-0.3, -0.25) is 4.79 Å². The molecule has 3 aromatic rings. The number of rotatable bonds is 6. The lowest BCUT2D eigenvalue weighted by molar-refractivity contribution is 0.0746. The van der Waals surface area contributed by atoms with Gasteiger partial charge in [0.25, 0.3) is 5.91 Å². The van der Waals surface area contributed by atoms with Gasteiger partial charge in [0.05, 0.1) is 7.11 Å². The number of carbonyl (C=O) groups excluding carboxylic acids is 1. The zero-order valence-corrected chi connectivity index (χ0v) is 20.9. The van der Waals surface area contributed by atoms with Crippen LogP contribution in [0.4, 0.5) is 10.1 Å². The van der Waals surface area contributed by atoms with Crippen molar-refractivity contribution >= 4 is 11.6 Å². The standard InChI is InChI=1S/C29H33FN2O3/c1-29(2,3)23-6-12-26(13-7-23)35-20-22-19-21(5-14-27(22)34-4)28(33)32-17-15-31(16-18-32)25-10-8-24(30)9-11-25/h5-14,19H,15-18,20H2,1-4H3. The second-order valence-corrected chi connectivity index (χ2v) is 9.85. The maximum absolute atomic E-state index is 13.2. The van der Waals surface area contributed by atoms with E-state index < -0.39 is 0 Å². The molecule has 5 nitrogen and oxygen atoms in total. The van der Waals surface area contributed by atoms with Crippen molar-refractivity contribution in [1.82, 2.24) is 4.90 Å². The molecule has 0 spiro atoms. The second-order valence-electron chi connectivity index (χ2n) is 9.85. The van der Waals surface area contributed by atoms with Gasteiger partial charge >= 0.3 is 0 Å². The molecule has 0 radical (unpaired) electrons. The Bertz CT molecular complexity index is 1150. The number of hydrogen-bond acceptors (Lipinski definition) is 4. The Balaban J connectivity index is 1.40. The van der Waals surface area contributed by atoms with Crippen molar-refractivity contribution in [3.05, 3.63) is 89.2 Å². The molecule has 0 aliphatic carbocycles. The van der Waals surface area contributed by atoms with E-state index in [9.17, 15) is 9.18 Å². The van der Waals surface area contributed by atoms with Gasteiger partial charge in [-0.05, 0) is 65.6 Å². The van der Waals surface area contributed by atoms with E-state index in [2.05, 4.69) is 37.8 Å². The second kappa shape index (κ2) is 10.4. The van der Waals surface area contributed by atoms with Gasteiger partial charge in [0.15, 0.2) is 0 Å². The van der Waals surface area contributed by atoms with Crippen molar-refractivity contribution < 1.29 is 18.7 Å². The number of piperazine rings is 1. The van der Waals surface area contributed by atoms with E-state index in [1.54, 1.807) is 25.3 Å². The average Bonchev–Trinajstić information content (AvgIpc) is 2.87. The number of ether oxygens (including phenoxy) is 2. The highest BCUT2D eigenvalue weighted by atomic mass is 19.1. The van der Waals surface area contributed by atoms with Gasteiger partial charge in [-0.1, -0.05) is 32.9 Å². The first-order valence-electron chi connectivity index (χ1n) is 11.9. The van der Waals surface area contributed by atoms with Gasteiger partial charge in [-0.25, -0.2) is 4.39 Å². The Hall–Kier alpha value is -3.54. The molecule has 4 rings (SSSR count). The van der Waals surface area contributed by atoms with Crippen molar-refractivity contribution in [2.45, 2.75) is 32.8 Å². The summed E-state index contributed by atoms with van der Waals surface area (Å²) in [7, 11) is 1.62. The highest BCUT2D eigenvalue weighted by Crippen LogP contribution is 2.27. The summed E-state index contributed by atoms with van der Waals surface area (Å²) < 4.78 is 24.7. The zero-order valence-electron chi connectivity index (χ0n) is 20.9. The van der Waals surface area contributed by atoms with Gasteiger partial charge in [0.1, 0.15) is 23.9 Å². The summed E-state index contributed by atoms with van der Waals surface area (Å²) in [6, 6.07) is 20.1. The van der Waals surface area contributed by atoms with Crippen molar-refractivity contribution in [2.75, 3.05) is 38.2 Å². The molecule has 0 saturated carbocycles. The average molecular weight is 477 g/mol. The first-order valence-corrected chi connectivity index (χ1v) is 11.9. The zero-order chi connectivity index (χ0) is 25.0. The van der Waals surface area contributed by atoms with Crippen molar-refractivity contribution in [1.29, 1.82) is 0 Å². The predicted molar refractivity (Wildman–Crippen MR) is 137 cm³/mol. The Morgan fingerprint density at radius 2 is 1.57 bits per heavy atom. The summed E-state index contributed by atoms with van der Waals surface area (Å²) >= 11 is 0. The molecule has 1 aliphatic rings. The molecule has 35 heavy (non-hydrogen) atoms. The van der Waals surface area contributed by atoms with Gasteiger partial charge in [0.2, 0.25) is 0 Å². The number of anilines is 1. The van der Waals surface area contributed by atoms with E-state index in [1.807, 2.05) is 29.2 Å². The van der Waals surface area contributed by atoms with Crippen LogP contribution in [-0.4, -0.2) is 44.1 Å². The molecular formula is C29H33FN2O3. The maximum atomic E-state index is 13.2. The highest BCUT2D eigenvalue weighted by Gasteiger charge is 2.23. The summed E-state index contributed by atoms with van der Waals surface area (Å²) in [6.07, 6.45) is 0. The third-order valence-corrected chi connectivity index (χ3v) is 6.40. The number of amides is 1. The van der Waals surface area contributed by atoms with Gasteiger partial charge in [0, 0.05) is 43.0 Å². The number of benzene rings is 3. The Labute approximate surface area is 207 Å². The molecule has 1 heterocycles. The van der Waals surface area contributed by atoms with Crippen LogP contribution in [0.2, 0.25) is 0 Å². The molecule has 3 aromatic carbocycles. The minimum absolute atomic E-state index is 0.0119. The number of carbonyl (C=O) groups is 1. The van der Waals surface area contributed by atoms with Crippen LogP contribution in [0.25, 0.3) is 0 Å². The van der Waals surface area contributed by atoms with Gasteiger partial charge < -0.3 is 19.3 Å². The number of nitrogens with zero attached hydrogens (tertiary/aromatic N) is 2. The molecule has 0 N–H and O–H groups in total. The predicted octanol–water partition coefficient (Wildman–Crippen LogP) is 5.67. The van der Waals surface area contributed by atoms with Crippen LogP contribution in [-0.2, 0) is 12.0 Å². The molecule has 0 aromatic heterocycles. The molecule has 1 aliphatic heterocycles. The lowest BCUT2D eigenvalue weighted by Crippen LogP contribution is -2.48. The van der Waals surface area contributed by atoms with E-state index in [1.165, 1.54) is 17.7 Å². The SMILES string of the molecule is COc1ccc(C(=O)N2CCN(c3ccc(F)cc3)CC2)cc1COc1ccc(C(C)(C)C)cc1. The molecule has 1 amide bonds. The first kappa shape index (κ1) is 24.6. The molecule has 1 fully saturated rings. The molecule has 1 saturated heterocycles. The maximum Gasteiger partial charge on any atom is 0.253 e. The molecule has 0 unspecified atom stereocenters. The Kier molecular flexibility index (Phi) is 7.29. The van der Waals surface area contributed by atoms with Crippen LogP contribution in [0, 0.1) is 5.82 Å². The molecule has 6 heteroatoms. The van der Waals surface area contributed by atoms with E-state index in [0.717, 1.165) is 17.0 Å². The van der Waals surface area contributed by atoms with Crippen LogP contribution in [0.15, 0.2) is 66.7 Å². The summed E-state index contributed by atoms with van der Waals surface area (Å²) in [6.45, 7) is 9.46. The number of halogens is 1. The van der Waals surface area contributed by atoms with Crippen LogP contribution in [0.1, 0.15) is 42.3 Å². The Morgan fingerprint density at radius 1 is 0.914 bits per heavy atom. The first-order chi connectivity index (χ1) is 16.7. The van der Waals surface area contributed by atoms with Gasteiger partial charge in [-0.2, -0.15) is 0 Å². The normalized spacial score (nSPS) is 14.1. The monoisotopic (exact) mass is 476 g/mol. The van der Waals surface area contributed by atoms with E-state index in [4.69, 9.17) is 9.47 Å². The molecule has 184 valence electrons. The third-order valence-electron chi connectivity index (χ3n) is 6.40. The molecule has 0 bridgehead atoms. The third kappa shape index (κ3) is 5.94. The van der Waals surface area contributed by atoms with Gasteiger partial charge in [-0.15, -0.1) is 0 Å². The lowest BCUT2D eigenvalue weighted by Gasteiger charge is -2.36. The van der Waals surface area contributed by atoms with E-state index in [0.29, 0.717) is 44.1 Å². The quantitative estimate of drug-likeness (QED) is 0.460. The summed E-state index contributed by atoms with van der Waals surface area (Å²) in [5, 5.41) is 0.